The van der Waals surface area contributed by atoms with Crippen LogP contribution in [0, 0.1) is 5.82 Å². The van der Waals surface area contributed by atoms with Crippen molar-refractivity contribution in [2.75, 3.05) is 18.0 Å². The number of hydrogen-bond acceptors (Lipinski definition) is 5. The van der Waals surface area contributed by atoms with Crippen molar-refractivity contribution in [3.05, 3.63) is 54.9 Å². The average Bonchev–Trinajstić information content (AvgIpc) is 3.34. The molecule has 3 aromatic rings. The van der Waals surface area contributed by atoms with E-state index in [0.717, 1.165) is 6.20 Å². The van der Waals surface area contributed by atoms with E-state index in [1.165, 1.54) is 10.9 Å². The predicted octanol–water partition coefficient (Wildman–Crippen LogP) is 2.76. The summed E-state index contributed by atoms with van der Waals surface area (Å²) in [6.07, 6.45) is 6.52. The molecular weight excluding hydrogens is 339 g/mol. The molecule has 7 nitrogen and oxygen atoms in total. The van der Waals surface area contributed by atoms with Gasteiger partial charge in [-0.2, -0.15) is 5.10 Å². The fourth-order valence-corrected chi connectivity index (χ4v) is 3.40. The highest BCUT2D eigenvalue weighted by Crippen LogP contribution is 2.34. The second kappa shape index (κ2) is 6.29. The lowest BCUT2D eigenvalue weighted by Crippen LogP contribution is -2.51. The van der Waals surface area contributed by atoms with Crippen molar-refractivity contribution in [1.29, 1.82) is 0 Å². The van der Waals surface area contributed by atoms with Gasteiger partial charge in [0.1, 0.15) is 5.69 Å². The van der Waals surface area contributed by atoms with Gasteiger partial charge in [0, 0.05) is 38.3 Å². The summed E-state index contributed by atoms with van der Waals surface area (Å²) < 4.78 is 20.8. The highest BCUT2D eigenvalue weighted by atomic mass is 19.1. The van der Waals surface area contributed by atoms with Crippen molar-refractivity contribution >= 4 is 11.7 Å². The number of pyridine rings is 1. The van der Waals surface area contributed by atoms with Crippen LogP contribution in [0.2, 0.25) is 0 Å². The molecule has 26 heavy (non-hydrogen) atoms. The molecule has 8 heteroatoms. The number of rotatable bonds is 4. The van der Waals surface area contributed by atoms with E-state index in [4.69, 9.17) is 4.42 Å². The van der Waals surface area contributed by atoms with Gasteiger partial charge in [0.2, 0.25) is 0 Å². The molecule has 1 aliphatic rings. The lowest BCUT2D eigenvalue weighted by Gasteiger charge is -2.39. The number of carboxylic acids is 1. The Kier molecular flexibility index (Phi) is 3.95. The predicted molar refractivity (Wildman–Crippen MR) is 91.2 cm³/mol. The molecule has 1 saturated heterocycles. The number of anilines is 1. The largest absolute Gasteiger partial charge is 0.479 e. The molecule has 1 fully saturated rings. The minimum absolute atomic E-state index is 0.309. The molecule has 1 aliphatic heterocycles. The minimum atomic E-state index is -1.16. The van der Waals surface area contributed by atoms with Crippen LogP contribution in [0.15, 0.2) is 53.5 Å². The molecule has 0 saturated carbocycles. The van der Waals surface area contributed by atoms with E-state index in [9.17, 15) is 14.3 Å². The summed E-state index contributed by atoms with van der Waals surface area (Å²) in [4.78, 5) is 17.7. The van der Waals surface area contributed by atoms with Crippen molar-refractivity contribution in [3.63, 3.8) is 0 Å². The van der Waals surface area contributed by atoms with Crippen molar-refractivity contribution in [3.8, 4) is 11.5 Å². The van der Waals surface area contributed by atoms with Crippen LogP contribution in [-0.2, 0) is 10.3 Å². The molecule has 134 valence electrons. The van der Waals surface area contributed by atoms with Crippen LogP contribution in [0.4, 0.5) is 10.1 Å². The molecule has 0 spiro atoms. The van der Waals surface area contributed by atoms with Gasteiger partial charge >= 0.3 is 5.97 Å². The molecule has 3 aromatic heterocycles. The fourth-order valence-electron chi connectivity index (χ4n) is 3.40. The summed E-state index contributed by atoms with van der Waals surface area (Å²) >= 11 is 0. The molecule has 0 bridgehead atoms. The fraction of sp³-hybridized carbons (Fsp3) is 0.278. The SMILES string of the molecule is O=C(O)C1(n2ccc(-c3ccco3)n2)CCN(c2ccncc2F)CC1. The highest BCUT2D eigenvalue weighted by molar-refractivity contribution is 5.77. The van der Waals surface area contributed by atoms with Crippen LogP contribution in [0.25, 0.3) is 11.5 Å². The van der Waals surface area contributed by atoms with Gasteiger partial charge in [-0.25, -0.2) is 9.18 Å². The molecule has 0 amide bonds. The van der Waals surface area contributed by atoms with Gasteiger partial charge in [-0.1, -0.05) is 0 Å². The van der Waals surface area contributed by atoms with E-state index in [-0.39, 0.29) is 0 Å². The lowest BCUT2D eigenvalue weighted by atomic mass is 9.87. The van der Waals surface area contributed by atoms with Crippen molar-refractivity contribution in [1.82, 2.24) is 14.8 Å². The highest BCUT2D eigenvalue weighted by Gasteiger charge is 2.44. The Hall–Kier alpha value is -3.16. The van der Waals surface area contributed by atoms with E-state index in [0.29, 0.717) is 43.1 Å². The Morgan fingerprint density at radius 1 is 1.27 bits per heavy atom. The third-order valence-electron chi connectivity index (χ3n) is 4.88. The Balaban J connectivity index is 1.60. The quantitative estimate of drug-likeness (QED) is 0.774. The Labute approximate surface area is 148 Å². The van der Waals surface area contributed by atoms with Gasteiger partial charge in [0.05, 0.1) is 18.1 Å². The second-order valence-corrected chi connectivity index (χ2v) is 6.27. The first-order valence-electron chi connectivity index (χ1n) is 8.28. The third kappa shape index (κ3) is 2.63. The van der Waals surface area contributed by atoms with Crippen LogP contribution in [-0.4, -0.2) is 38.9 Å². The van der Waals surface area contributed by atoms with Crippen molar-refractivity contribution < 1.29 is 18.7 Å². The molecule has 4 heterocycles. The van der Waals surface area contributed by atoms with Gasteiger partial charge in [-0.05, 0) is 24.3 Å². The average molecular weight is 356 g/mol. The maximum Gasteiger partial charge on any atom is 0.331 e. The van der Waals surface area contributed by atoms with Crippen LogP contribution in [0.3, 0.4) is 0 Å². The van der Waals surface area contributed by atoms with E-state index >= 15 is 0 Å². The lowest BCUT2D eigenvalue weighted by molar-refractivity contribution is -0.149. The van der Waals surface area contributed by atoms with Crippen molar-refractivity contribution in [2.45, 2.75) is 18.4 Å². The molecule has 0 aliphatic carbocycles. The first-order valence-corrected chi connectivity index (χ1v) is 8.28. The maximum absolute atomic E-state index is 14.0. The number of carbonyl (C=O) groups is 1. The summed E-state index contributed by atoms with van der Waals surface area (Å²) in [5.74, 6) is -0.767. The van der Waals surface area contributed by atoms with E-state index in [2.05, 4.69) is 10.1 Å². The topological polar surface area (TPSA) is 84.4 Å². The molecule has 0 aromatic carbocycles. The third-order valence-corrected chi connectivity index (χ3v) is 4.88. The molecule has 0 atom stereocenters. The first kappa shape index (κ1) is 16.3. The number of furan rings is 1. The maximum atomic E-state index is 14.0. The zero-order valence-electron chi connectivity index (χ0n) is 13.9. The monoisotopic (exact) mass is 356 g/mol. The smallest absolute Gasteiger partial charge is 0.331 e. The van der Waals surface area contributed by atoms with Gasteiger partial charge in [0.25, 0.3) is 0 Å². The van der Waals surface area contributed by atoms with Crippen molar-refractivity contribution in [2.24, 2.45) is 0 Å². The van der Waals surface area contributed by atoms with E-state index < -0.39 is 17.3 Å². The van der Waals surface area contributed by atoms with E-state index in [1.807, 2.05) is 4.90 Å². The minimum Gasteiger partial charge on any atom is -0.479 e. The van der Waals surface area contributed by atoms with Gasteiger partial charge < -0.3 is 14.4 Å². The Morgan fingerprint density at radius 2 is 2.08 bits per heavy atom. The number of halogens is 1. The second-order valence-electron chi connectivity index (χ2n) is 6.27. The molecule has 1 N–H and O–H groups in total. The van der Waals surface area contributed by atoms with Gasteiger partial charge in [-0.3, -0.25) is 9.67 Å². The van der Waals surface area contributed by atoms with Crippen LogP contribution in [0.5, 0.6) is 0 Å². The van der Waals surface area contributed by atoms with Gasteiger partial charge in [0.15, 0.2) is 17.1 Å². The zero-order valence-corrected chi connectivity index (χ0v) is 13.9. The number of nitrogens with zero attached hydrogens (tertiary/aromatic N) is 4. The summed E-state index contributed by atoms with van der Waals surface area (Å²) in [5.41, 5.74) is -0.140. The van der Waals surface area contributed by atoms with Crippen LogP contribution < -0.4 is 4.90 Å². The van der Waals surface area contributed by atoms with Crippen LogP contribution in [0.1, 0.15) is 12.8 Å². The number of piperidine rings is 1. The number of carboxylic acid groups (broad SMARTS) is 1. The summed E-state index contributed by atoms with van der Waals surface area (Å²) in [6.45, 7) is 0.812. The molecule has 0 unspecified atom stereocenters. The van der Waals surface area contributed by atoms with E-state index in [1.54, 1.807) is 36.7 Å². The molecule has 0 radical (unpaired) electrons. The standard InChI is InChI=1S/C18H17FN4O3/c19-13-12-20-7-3-15(13)22-9-5-18(6-10-22,17(24)25)23-8-4-14(21-23)16-2-1-11-26-16/h1-4,7-8,11-12H,5-6,9-10H2,(H,24,25). The molecule has 4 rings (SSSR count). The number of aliphatic carboxylic acids is 1. The number of aromatic nitrogens is 3. The van der Waals surface area contributed by atoms with Gasteiger partial charge in [-0.15, -0.1) is 0 Å². The van der Waals surface area contributed by atoms with Crippen LogP contribution >= 0.6 is 0 Å². The first-order chi connectivity index (χ1) is 12.6. The Morgan fingerprint density at radius 3 is 2.73 bits per heavy atom. The summed E-state index contributed by atoms with van der Waals surface area (Å²) in [7, 11) is 0. The number of hydrogen-bond donors (Lipinski definition) is 1. The normalized spacial score (nSPS) is 16.6. The summed E-state index contributed by atoms with van der Waals surface area (Å²) in [6, 6.07) is 6.86. The zero-order chi connectivity index (χ0) is 18.1. The summed E-state index contributed by atoms with van der Waals surface area (Å²) in [5, 5.41) is 14.3. The Bertz CT molecular complexity index is 914. The molecular formula is C18H17FN4O3.